The number of fused-ring (bicyclic) bond motifs is 4. The minimum Gasteiger partial charge on any atom is -0.356 e. The lowest BCUT2D eigenvalue weighted by Gasteiger charge is -2.46. The molecule has 8 heterocycles. The average Bonchev–Trinajstić information content (AvgIpc) is 3.99. The molecular formula is C46H50ClN11O5S. The standard InChI is InChI=1S/C46H50ClN11O5S/c1-5-46(43-54-53-29(4)57(43)42-37(27(2)28(3)64-42)38(52-46)30-12-14-31(47)15-13-30)22-35(60)48-19-10-8-6-7-9-11-20-55-21-18-32-39(55)49-26-50-40(32)56-24-45(25-56)23-36(61)58(44(45)63)33-16-17-34(59)51-41(33)62/h5,12-15,18,21,26,33H,1,6-11,16-17,19-20,22-25H2,2-4H3,(H,48,60)(H,51,59,62)/t33?,46-/m1/s1. The van der Waals surface area contributed by atoms with E-state index in [2.05, 4.69) is 55.8 Å². The van der Waals surface area contributed by atoms with Crippen molar-refractivity contribution in [1.82, 2.24) is 44.8 Å². The number of imide groups is 2. The third-order valence-corrected chi connectivity index (χ3v) is 14.6. The van der Waals surface area contributed by atoms with E-state index in [9.17, 15) is 24.0 Å². The molecule has 4 aliphatic rings. The first-order valence-corrected chi connectivity index (χ1v) is 23.1. The molecule has 332 valence electrons. The van der Waals surface area contributed by atoms with Crippen LogP contribution in [0.25, 0.3) is 16.0 Å². The minimum absolute atomic E-state index is 0.0316. The number of amides is 5. The molecule has 3 fully saturated rings. The predicted octanol–water partition coefficient (Wildman–Crippen LogP) is 5.80. The van der Waals surface area contributed by atoms with E-state index in [1.807, 2.05) is 52.9 Å². The number of benzene rings is 1. The number of nitrogens with zero attached hydrogens (tertiary/aromatic N) is 9. The Morgan fingerprint density at radius 3 is 2.50 bits per heavy atom. The Hall–Kier alpha value is -6.07. The number of aliphatic imine (C=N–C) groups is 1. The Morgan fingerprint density at radius 1 is 1.00 bits per heavy atom. The number of aromatic nitrogens is 6. The minimum atomic E-state index is -1.16. The van der Waals surface area contributed by atoms with Gasteiger partial charge < -0.3 is 14.8 Å². The maximum Gasteiger partial charge on any atom is 0.249 e. The van der Waals surface area contributed by atoms with E-state index in [0.717, 1.165) is 88.4 Å². The van der Waals surface area contributed by atoms with Crippen molar-refractivity contribution in [2.24, 2.45) is 10.4 Å². The molecule has 0 bridgehead atoms. The molecule has 18 heteroatoms. The summed E-state index contributed by atoms with van der Waals surface area (Å²) in [4.78, 5) is 83.0. The van der Waals surface area contributed by atoms with Crippen LogP contribution in [0.2, 0.25) is 5.02 Å². The fraction of sp³-hybridized carbons (Fsp3) is 0.435. The van der Waals surface area contributed by atoms with Crippen LogP contribution in [0.15, 0.2) is 60.5 Å². The van der Waals surface area contributed by atoms with Gasteiger partial charge in [0.2, 0.25) is 29.5 Å². The Morgan fingerprint density at radius 2 is 1.75 bits per heavy atom. The normalized spacial score (nSPS) is 20.2. The molecule has 0 aliphatic carbocycles. The average molecular weight is 904 g/mol. The van der Waals surface area contributed by atoms with E-state index < -0.39 is 28.8 Å². The molecule has 2 atom stereocenters. The second-order valence-corrected chi connectivity index (χ2v) is 19.0. The van der Waals surface area contributed by atoms with Crippen molar-refractivity contribution in [3.8, 4) is 5.00 Å². The van der Waals surface area contributed by atoms with Crippen LogP contribution in [0, 0.1) is 26.2 Å². The van der Waals surface area contributed by atoms with E-state index in [4.69, 9.17) is 16.6 Å². The summed E-state index contributed by atoms with van der Waals surface area (Å²) in [7, 11) is 0. The van der Waals surface area contributed by atoms with Gasteiger partial charge in [0.1, 0.15) is 40.2 Å². The SMILES string of the molecule is C=C[C@]1(CC(=O)NCCCCCCCCn2ccc3c(N4CC5(CC(=O)N(C6CCC(=O)NC6=O)C5=O)C4)ncnc32)N=C(c2ccc(Cl)cc2)c2c(sc(C)c2C)-n2c(C)nnc21. The summed E-state index contributed by atoms with van der Waals surface area (Å²) in [5.74, 6) is 0.136. The fourth-order valence-electron chi connectivity index (χ4n) is 9.60. The zero-order valence-corrected chi connectivity index (χ0v) is 37.7. The lowest BCUT2D eigenvalue weighted by atomic mass is 9.78. The number of hydrogen-bond donors (Lipinski definition) is 2. The molecule has 5 aromatic rings. The predicted molar refractivity (Wildman–Crippen MR) is 243 cm³/mol. The number of hydrogen-bond acceptors (Lipinski definition) is 12. The van der Waals surface area contributed by atoms with Gasteiger partial charge >= 0.3 is 0 Å². The van der Waals surface area contributed by atoms with Gasteiger partial charge in [0.05, 0.1) is 22.9 Å². The molecule has 3 saturated heterocycles. The van der Waals surface area contributed by atoms with Gasteiger partial charge in [0.25, 0.3) is 0 Å². The second-order valence-electron chi connectivity index (χ2n) is 17.4. The van der Waals surface area contributed by atoms with Crippen LogP contribution in [0.3, 0.4) is 0 Å². The number of thiophene rings is 1. The summed E-state index contributed by atoms with van der Waals surface area (Å²) in [6.07, 6.45) is 11.5. The van der Waals surface area contributed by atoms with Gasteiger partial charge in [-0.3, -0.25) is 43.7 Å². The molecule has 1 spiro atoms. The Balaban J connectivity index is 0.749. The first-order chi connectivity index (χ1) is 30.8. The number of aryl methyl sites for hydroxylation is 3. The van der Waals surface area contributed by atoms with Crippen LogP contribution in [0.4, 0.5) is 5.82 Å². The Kier molecular flexibility index (Phi) is 11.6. The number of carbonyl (C=O) groups is 5. The fourth-order valence-corrected chi connectivity index (χ4v) is 10.9. The van der Waals surface area contributed by atoms with Crippen molar-refractivity contribution in [3.63, 3.8) is 0 Å². The van der Waals surface area contributed by atoms with Crippen molar-refractivity contribution in [2.45, 2.75) is 103 Å². The largest absolute Gasteiger partial charge is 0.356 e. The van der Waals surface area contributed by atoms with E-state index >= 15 is 0 Å². The van der Waals surface area contributed by atoms with Gasteiger partial charge in [-0.1, -0.05) is 55.5 Å². The Bertz CT molecular complexity index is 2750. The summed E-state index contributed by atoms with van der Waals surface area (Å²) in [6, 6.07) is 8.66. The maximum atomic E-state index is 13.7. The van der Waals surface area contributed by atoms with Crippen LogP contribution >= 0.6 is 22.9 Å². The molecule has 2 N–H and O–H groups in total. The third kappa shape index (κ3) is 7.61. The number of piperidine rings is 1. The molecule has 0 radical (unpaired) electrons. The van der Waals surface area contributed by atoms with E-state index in [-0.39, 0.29) is 43.4 Å². The lowest BCUT2D eigenvalue weighted by molar-refractivity contribution is -0.152. The highest BCUT2D eigenvalue weighted by Gasteiger charge is 2.61. The molecule has 16 nitrogen and oxygen atoms in total. The quantitative estimate of drug-likeness (QED) is 0.0738. The van der Waals surface area contributed by atoms with Crippen molar-refractivity contribution < 1.29 is 24.0 Å². The Labute approximate surface area is 379 Å². The highest BCUT2D eigenvalue weighted by Crippen LogP contribution is 2.46. The molecule has 5 amide bonds. The highest BCUT2D eigenvalue weighted by molar-refractivity contribution is 7.15. The maximum absolute atomic E-state index is 13.7. The number of anilines is 1. The summed E-state index contributed by atoms with van der Waals surface area (Å²) >= 11 is 7.95. The molecular weight excluding hydrogens is 854 g/mol. The van der Waals surface area contributed by atoms with Crippen molar-refractivity contribution in [1.29, 1.82) is 0 Å². The zero-order chi connectivity index (χ0) is 44.9. The van der Waals surface area contributed by atoms with Gasteiger partial charge in [-0.25, -0.2) is 9.97 Å². The van der Waals surface area contributed by atoms with Gasteiger partial charge in [-0.2, -0.15) is 0 Å². The molecule has 0 saturated carbocycles. The monoisotopic (exact) mass is 903 g/mol. The number of carbonyl (C=O) groups excluding carboxylic acids is 5. The number of rotatable bonds is 15. The number of halogens is 1. The smallest absolute Gasteiger partial charge is 0.249 e. The van der Waals surface area contributed by atoms with Crippen LogP contribution in [-0.2, 0) is 36.1 Å². The van der Waals surface area contributed by atoms with Crippen LogP contribution in [0.1, 0.15) is 97.4 Å². The molecule has 1 aromatic carbocycles. The van der Waals surface area contributed by atoms with Crippen LogP contribution < -0.4 is 15.5 Å². The van der Waals surface area contributed by atoms with Gasteiger partial charge in [-0.15, -0.1) is 28.1 Å². The van der Waals surface area contributed by atoms with E-state index in [1.165, 1.54) is 11.2 Å². The van der Waals surface area contributed by atoms with E-state index in [1.54, 1.807) is 17.4 Å². The molecule has 4 aliphatic heterocycles. The first kappa shape index (κ1) is 43.2. The summed E-state index contributed by atoms with van der Waals surface area (Å²) < 4.78 is 4.15. The second kappa shape index (κ2) is 17.1. The third-order valence-electron chi connectivity index (χ3n) is 13.1. The van der Waals surface area contributed by atoms with Crippen molar-refractivity contribution in [2.75, 3.05) is 24.5 Å². The molecule has 64 heavy (non-hydrogen) atoms. The van der Waals surface area contributed by atoms with Gasteiger partial charge in [-0.05, 0) is 63.8 Å². The van der Waals surface area contributed by atoms with Gasteiger partial charge in [0, 0.05) is 66.2 Å². The summed E-state index contributed by atoms with van der Waals surface area (Å²) in [6.45, 7) is 12.3. The van der Waals surface area contributed by atoms with E-state index in [0.29, 0.717) is 42.1 Å². The number of unbranched alkanes of at least 4 members (excludes halogenated alkanes) is 5. The highest BCUT2D eigenvalue weighted by atomic mass is 35.5. The summed E-state index contributed by atoms with van der Waals surface area (Å²) in [5, 5.41) is 16.9. The summed E-state index contributed by atoms with van der Waals surface area (Å²) in [5.41, 5.74) is 2.52. The van der Waals surface area contributed by atoms with Gasteiger partial charge in [0.15, 0.2) is 5.82 Å². The number of likely N-dealkylation sites (tertiary alicyclic amines) is 1. The van der Waals surface area contributed by atoms with Crippen LogP contribution in [-0.4, -0.2) is 95.1 Å². The lowest BCUT2D eigenvalue weighted by Crippen LogP contribution is -2.62. The molecule has 4 aromatic heterocycles. The number of nitrogens with one attached hydrogen (secondary N) is 2. The topological polar surface area (TPSA) is 190 Å². The van der Waals surface area contributed by atoms with Crippen LogP contribution in [0.5, 0.6) is 0 Å². The molecule has 1 unspecified atom stereocenters. The first-order valence-electron chi connectivity index (χ1n) is 21.9. The zero-order valence-electron chi connectivity index (χ0n) is 36.2. The van der Waals surface area contributed by atoms with Crippen molar-refractivity contribution >= 4 is 75.0 Å². The molecule has 9 rings (SSSR count). The van der Waals surface area contributed by atoms with Crippen molar-refractivity contribution in [3.05, 3.63) is 93.7 Å².